The summed E-state index contributed by atoms with van der Waals surface area (Å²) < 4.78 is 53.6. The van der Waals surface area contributed by atoms with Crippen LogP contribution in [0.15, 0.2) is 48.1 Å². The number of aliphatic hydroxyl groups is 1. The quantitative estimate of drug-likeness (QED) is 0.372. The largest absolute Gasteiger partial charge is 0.396 e. The molecule has 0 saturated carbocycles. The lowest BCUT2D eigenvalue weighted by Gasteiger charge is -2.34. The first-order valence-electron chi connectivity index (χ1n) is 13.4. The molecule has 2 heterocycles. The second kappa shape index (κ2) is 12.3. The summed E-state index contributed by atoms with van der Waals surface area (Å²) in [5.74, 6) is -4.13. The molecular weight excluding hydrogens is 528 g/mol. The van der Waals surface area contributed by atoms with Crippen molar-refractivity contribution in [3.05, 3.63) is 59.2 Å². The molecule has 40 heavy (non-hydrogen) atoms. The van der Waals surface area contributed by atoms with E-state index in [1.54, 1.807) is 37.3 Å². The smallest absolute Gasteiger partial charge is 0.269 e. The second-order valence-electron chi connectivity index (χ2n) is 10.5. The maximum Gasteiger partial charge on any atom is 0.269 e. The summed E-state index contributed by atoms with van der Waals surface area (Å²) in [4.78, 5) is 29.6. The van der Waals surface area contributed by atoms with E-state index in [1.165, 1.54) is 0 Å². The van der Waals surface area contributed by atoms with E-state index < -0.39 is 29.7 Å². The molecule has 2 aliphatic rings. The lowest BCUT2D eigenvalue weighted by molar-refractivity contribution is -0.120. The summed E-state index contributed by atoms with van der Waals surface area (Å²) in [5.41, 5.74) is 3.37. The molecule has 7 nitrogen and oxygen atoms in total. The Bertz CT molecular complexity index is 1280. The molecule has 0 radical (unpaired) electrons. The zero-order valence-corrected chi connectivity index (χ0v) is 22.6. The van der Waals surface area contributed by atoms with Crippen molar-refractivity contribution in [1.82, 2.24) is 0 Å². The molecule has 2 aliphatic heterocycles. The van der Waals surface area contributed by atoms with E-state index in [0.29, 0.717) is 22.6 Å². The van der Waals surface area contributed by atoms with Crippen LogP contribution < -0.4 is 20.4 Å². The van der Waals surface area contributed by atoms with Crippen LogP contribution in [0.5, 0.6) is 0 Å². The standard InChI is InChI=1S/C29H34F4N4O3/c1-18-13-22(15-23(14-18)36-11-7-29(32,33)8-12-36)35-28(40)24-4-3-21(34-27(39)19(2)17-38)16-25(24)37-9-5-20(6-10-37)26(30)31/h3-4,13-16,19,38H,5-12,17H2,1-2H3,(H,34,39)(H,35,40)/t19-/m0/s1. The van der Waals surface area contributed by atoms with E-state index >= 15 is 0 Å². The zero-order chi connectivity index (χ0) is 29.0. The second-order valence-corrected chi connectivity index (χ2v) is 10.5. The van der Waals surface area contributed by atoms with Crippen LogP contribution in [0.25, 0.3) is 0 Å². The average Bonchev–Trinajstić information content (AvgIpc) is 2.92. The number of nitrogens with one attached hydrogen (secondary N) is 2. The lowest BCUT2D eigenvalue weighted by Crippen LogP contribution is -2.39. The van der Waals surface area contributed by atoms with Crippen LogP contribution in [0.1, 0.15) is 48.5 Å². The summed E-state index contributed by atoms with van der Waals surface area (Å²) >= 11 is 0. The molecule has 0 spiro atoms. The molecule has 2 aromatic carbocycles. The van der Waals surface area contributed by atoms with Gasteiger partial charge in [-0.1, -0.05) is 6.92 Å². The number of aryl methyl sites for hydroxylation is 1. The first-order valence-corrected chi connectivity index (χ1v) is 13.4. The molecule has 11 heteroatoms. The van der Waals surface area contributed by atoms with E-state index in [0.717, 1.165) is 11.3 Å². The van der Waals surface area contributed by atoms with Gasteiger partial charge in [0, 0.05) is 56.1 Å². The number of piperidine rings is 2. The van der Waals surface area contributed by atoms with Crippen LogP contribution in [-0.2, 0) is 4.79 Å². The molecule has 1 atom stereocenters. The van der Waals surface area contributed by atoms with Crippen molar-refractivity contribution >= 4 is 34.6 Å². The van der Waals surface area contributed by atoms with Gasteiger partial charge in [-0.05, 0) is 67.3 Å². The summed E-state index contributed by atoms with van der Waals surface area (Å²) in [7, 11) is 0. The lowest BCUT2D eigenvalue weighted by atomic mass is 10.0. The highest BCUT2D eigenvalue weighted by Gasteiger charge is 2.34. The summed E-state index contributed by atoms with van der Waals surface area (Å²) in [6.45, 7) is 4.07. The van der Waals surface area contributed by atoms with Gasteiger partial charge in [0.2, 0.25) is 5.91 Å². The van der Waals surface area contributed by atoms with Crippen molar-refractivity contribution in [2.24, 2.45) is 5.92 Å². The van der Waals surface area contributed by atoms with E-state index in [2.05, 4.69) is 10.6 Å². The topological polar surface area (TPSA) is 84.9 Å². The first-order chi connectivity index (χ1) is 19.0. The maximum atomic E-state index is 13.7. The van der Waals surface area contributed by atoms with Gasteiger partial charge in [-0.2, -0.15) is 8.78 Å². The first kappa shape index (κ1) is 29.4. The van der Waals surface area contributed by atoms with Gasteiger partial charge in [0.15, 0.2) is 0 Å². The molecule has 2 aromatic rings. The Morgan fingerprint density at radius 1 is 0.950 bits per heavy atom. The van der Waals surface area contributed by atoms with Gasteiger partial charge in [0.25, 0.3) is 17.9 Å². The van der Waals surface area contributed by atoms with E-state index in [4.69, 9.17) is 0 Å². The molecule has 216 valence electrons. The van der Waals surface area contributed by atoms with Crippen LogP contribution >= 0.6 is 0 Å². The molecule has 2 fully saturated rings. The zero-order valence-electron chi connectivity index (χ0n) is 22.6. The number of halogens is 4. The van der Waals surface area contributed by atoms with Crippen molar-refractivity contribution in [2.75, 3.05) is 53.2 Å². The predicted octanol–water partition coefficient (Wildman–Crippen LogP) is 5.80. The van der Waals surface area contributed by atoms with E-state index in [1.807, 2.05) is 22.8 Å². The van der Waals surface area contributed by atoms with Gasteiger partial charge in [0.1, 0.15) is 0 Å². The molecular formula is C29H34F4N4O3. The fourth-order valence-electron chi connectivity index (χ4n) is 4.93. The number of benzene rings is 2. The van der Waals surface area contributed by atoms with E-state index in [9.17, 15) is 32.3 Å². The van der Waals surface area contributed by atoms with Crippen LogP contribution in [0.4, 0.5) is 40.3 Å². The molecule has 2 amide bonds. The Balaban J connectivity index is 1.59. The van der Waals surface area contributed by atoms with Crippen LogP contribution in [0.3, 0.4) is 0 Å². The number of rotatable bonds is 7. The number of amides is 2. The van der Waals surface area contributed by atoms with Crippen molar-refractivity contribution in [3.8, 4) is 0 Å². The Kier molecular flexibility index (Phi) is 9.02. The number of nitrogens with zero attached hydrogens (tertiary/aromatic N) is 2. The van der Waals surface area contributed by atoms with Crippen LogP contribution in [0.2, 0.25) is 0 Å². The van der Waals surface area contributed by atoms with Crippen molar-refractivity contribution < 1.29 is 32.3 Å². The Hall–Kier alpha value is -3.60. The summed E-state index contributed by atoms with van der Waals surface area (Å²) in [6, 6.07) is 10.2. The highest BCUT2D eigenvalue weighted by atomic mass is 19.3. The molecule has 0 aromatic heterocycles. The van der Waals surface area contributed by atoms with Gasteiger partial charge in [-0.3, -0.25) is 9.59 Å². The maximum absolute atomic E-state index is 13.7. The number of aliphatic hydroxyl groups excluding tert-OH is 1. The molecule has 0 unspecified atom stereocenters. The number of anilines is 4. The minimum Gasteiger partial charge on any atom is -0.396 e. The Labute approximate surface area is 230 Å². The molecule has 2 saturated heterocycles. The number of alkyl halides is 2. The molecule has 4 rings (SSSR count). The van der Waals surface area contributed by atoms with Gasteiger partial charge >= 0.3 is 0 Å². The third-order valence-corrected chi connectivity index (χ3v) is 7.39. The van der Waals surface area contributed by atoms with Crippen molar-refractivity contribution in [3.63, 3.8) is 0 Å². The number of hydrogen-bond acceptors (Lipinski definition) is 5. The van der Waals surface area contributed by atoms with Gasteiger partial charge < -0.3 is 25.5 Å². The molecule has 0 aliphatic carbocycles. The number of carbonyl (C=O) groups is 2. The predicted molar refractivity (Wildman–Crippen MR) is 148 cm³/mol. The van der Waals surface area contributed by atoms with Crippen molar-refractivity contribution in [2.45, 2.75) is 45.5 Å². The van der Waals surface area contributed by atoms with Crippen LogP contribution in [0, 0.1) is 12.8 Å². The fraction of sp³-hybridized carbons (Fsp3) is 0.448. The molecule has 3 N–H and O–H groups in total. The van der Waals surface area contributed by atoms with Gasteiger partial charge in [-0.25, -0.2) is 8.78 Å². The third-order valence-electron chi connectivity index (χ3n) is 7.39. The normalized spacial score (nSPS) is 17.8. The van der Waals surface area contributed by atoms with Crippen LogP contribution in [-0.4, -0.2) is 55.6 Å². The third kappa shape index (κ3) is 7.12. The van der Waals surface area contributed by atoms with Gasteiger partial charge in [0.05, 0.1) is 23.8 Å². The molecule has 0 bridgehead atoms. The van der Waals surface area contributed by atoms with Gasteiger partial charge in [-0.15, -0.1) is 0 Å². The highest BCUT2D eigenvalue weighted by Crippen LogP contribution is 2.34. The Morgan fingerprint density at radius 2 is 1.62 bits per heavy atom. The number of hydrogen-bond donors (Lipinski definition) is 3. The average molecular weight is 563 g/mol. The summed E-state index contributed by atoms with van der Waals surface area (Å²) in [6.07, 6.45) is -1.84. The Morgan fingerprint density at radius 3 is 2.25 bits per heavy atom. The SMILES string of the molecule is Cc1cc(NC(=O)c2ccc(NC(=O)[C@@H](C)CO)cc2N2CCC(=C(F)F)CC2)cc(N2CCC(F)(F)CC2)c1. The summed E-state index contributed by atoms with van der Waals surface area (Å²) in [5, 5.41) is 14.9. The monoisotopic (exact) mass is 562 g/mol. The minimum absolute atomic E-state index is 0.0891. The number of carbonyl (C=O) groups excluding carboxylic acids is 2. The minimum atomic E-state index is -2.67. The fourth-order valence-corrected chi connectivity index (χ4v) is 4.93. The highest BCUT2D eigenvalue weighted by molar-refractivity contribution is 6.09. The van der Waals surface area contributed by atoms with Crippen molar-refractivity contribution in [1.29, 1.82) is 0 Å². The van der Waals surface area contributed by atoms with E-state index in [-0.39, 0.29) is 64.0 Å².